The van der Waals surface area contributed by atoms with E-state index in [-0.39, 0.29) is 29.8 Å². The fourth-order valence-electron chi connectivity index (χ4n) is 3.33. The van der Waals surface area contributed by atoms with Gasteiger partial charge in [-0.1, -0.05) is 12.2 Å². The smallest absolute Gasteiger partial charge is 0.173 e. The van der Waals surface area contributed by atoms with Gasteiger partial charge in [0.1, 0.15) is 0 Å². The minimum Gasteiger partial charge on any atom is -1.00 e. The molecule has 0 aromatic rings. The van der Waals surface area contributed by atoms with Gasteiger partial charge in [0.2, 0.25) is 0 Å². The highest BCUT2D eigenvalue weighted by Crippen LogP contribution is 2.25. The molecule has 2 rings (SSSR count). The highest BCUT2D eigenvalue weighted by atomic mass is 127. The van der Waals surface area contributed by atoms with E-state index in [1.807, 2.05) is 6.08 Å². The number of quaternary nitrogens is 1. The molecule has 0 saturated carbocycles. The summed E-state index contributed by atoms with van der Waals surface area (Å²) in [6.07, 6.45) is 13.7. The SMILES string of the molecule is C[N+]1(CCCCCC2=C(Br)C(=O)CC=C2)CCCCC1.[I-]. The van der Waals surface area contributed by atoms with Crippen LogP contribution in [-0.4, -0.2) is 36.9 Å². The van der Waals surface area contributed by atoms with Gasteiger partial charge in [0.15, 0.2) is 5.78 Å². The van der Waals surface area contributed by atoms with E-state index in [0.29, 0.717) is 6.42 Å². The summed E-state index contributed by atoms with van der Waals surface area (Å²) in [7, 11) is 2.42. The number of unbranched alkanes of at least 4 members (excludes halogenated alkanes) is 2. The molecule has 1 fully saturated rings. The zero-order valence-corrected chi connectivity index (χ0v) is 16.8. The first kappa shape index (κ1) is 19.4. The second kappa shape index (κ2) is 9.46. The Hall–Kier alpha value is 0.320. The predicted molar refractivity (Wildman–Crippen MR) is 87.8 cm³/mol. The van der Waals surface area contributed by atoms with Gasteiger partial charge in [0.25, 0.3) is 0 Å². The molecule has 0 amide bonds. The topological polar surface area (TPSA) is 17.1 Å². The lowest BCUT2D eigenvalue weighted by Gasteiger charge is -2.37. The Morgan fingerprint density at radius 2 is 1.86 bits per heavy atom. The quantitative estimate of drug-likeness (QED) is 0.327. The predicted octanol–water partition coefficient (Wildman–Crippen LogP) is 1.36. The van der Waals surface area contributed by atoms with Gasteiger partial charge in [-0.25, -0.2) is 0 Å². The lowest BCUT2D eigenvalue weighted by atomic mass is 10.00. The van der Waals surface area contributed by atoms with Crippen molar-refractivity contribution in [3.63, 3.8) is 0 Å². The number of hydrogen-bond donors (Lipinski definition) is 0. The first-order chi connectivity index (χ1) is 9.61. The normalized spacial score (nSPS) is 21.3. The van der Waals surface area contributed by atoms with Crippen molar-refractivity contribution in [3.05, 3.63) is 22.2 Å². The number of hydrogen-bond acceptors (Lipinski definition) is 1. The Morgan fingerprint density at radius 1 is 1.14 bits per heavy atom. The molecule has 4 heteroatoms. The molecule has 0 radical (unpaired) electrons. The summed E-state index contributed by atoms with van der Waals surface area (Å²) in [4.78, 5) is 11.6. The molecule has 1 aliphatic heterocycles. The van der Waals surface area contributed by atoms with E-state index in [1.54, 1.807) is 0 Å². The number of likely N-dealkylation sites (tertiary alicyclic amines) is 1. The number of rotatable bonds is 6. The number of Topliss-reactive ketones (excluding diaryl/α,β-unsaturated/α-hetero) is 1. The number of carbonyl (C=O) groups excluding carboxylic acids is 1. The Morgan fingerprint density at radius 3 is 2.57 bits per heavy atom. The Bertz CT molecular complexity index is 411. The first-order valence-corrected chi connectivity index (χ1v) is 8.82. The van der Waals surface area contributed by atoms with Crippen LogP contribution in [0.15, 0.2) is 22.2 Å². The van der Waals surface area contributed by atoms with E-state index in [9.17, 15) is 4.79 Å². The molecule has 2 aliphatic rings. The van der Waals surface area contributed by atoms with Crippen LogP contribution < -0.4 is 24.0 Å². The average Bonchev–Trinajstić information content (AvgIpc) is 2.44. The van der Waals surface area contributed by atoms with Gasteiger partial charge in [-0.05, 0) is 66.4 Å². The van der Waals surface area contributed by atoms with Gasteiger partial charge >= 0.3 is 0 Å². The third kappa shape index (κ3) is 6.14. The van der Waals surface area contributed by atoms with Crippen LogP contribution in [0, 0.1) is 0 Å². The zero-order valence-electron chi connectivity index (χ0n) is 13.0. The van der Waals surface area contributed by atoms with E-state index in [4.69, 9.17) is 0 Å². The minimum atomic E-state index is 0. The summed E-state index contributed by atoms with van der Waals surface area (Å²) in [5.41, 5.74) is 1.19. The Balaban J connectivity index is 0.00000220. The van der Waals surface area contributed by atoms with E-state index in [1.165, 1.54) is 68.2 Å². The van der Waals surface area contributed by atoms with Crippen LogP contribution in [0.5, 0.6) is 0 Å². The largest absolute Gasteiger partial charge is 1.00 e. The van der Waals surface area contributed by atoms with Crippen LogP contribution in [-0.2, 0) is 4.79 Å². The summed E-state index contributed by atoms with van der Waals surface area (Å²) in [5, 5.41) is 0. The van der Waals surface area contributed by atoms with Gasteiger partial charge in [-0.2, -0.15) is 0 Å². The molecule has 2 nitrogen and oxygen atoms in total. The molecular formula is C17H27BrINO. The summed E-state index contributed by atoms with van der Waals surface area (Å²) in [5.74, 6) is 0.230. The number of piperidine rings is 1. The van der Waals surface area contributed by atoms with Crippen LogP contribution in [0.1, 0.15) is 51.4 Å². The second-order valence-corrected chi connectivity index (χ2v) is 7.32. The molecule has 0 spiro atoms. The zero-order chi connectivity index (χ0) is 14.4. The highest BCUT2D eigenvalue weighted by Gasteiger charge is 2.23. The summed E-state index contributed by atoms with van der Waals surface area (Å²) in [6, 6.07) is 0. The molecule has 0 N–H and O–H groups in total. The molecule has 0 atom stereocenters. The summed E-state index contributed by atoms with van der Waals surface area (Å²) < 4.78 is 2.10. The Labute approximate surface area is 154 Å². The monoisotopic (exact) mass is 467 g/mol. The van der Waals surface area contributed by atoms with Crippen LogP contribution in [0.3, 0.4) is 0 Å². The van der Waals surface area contributed by atoms with E-state index >= 15 is 0 Å². The molecule has 21 heavy (non-hydrogen) atoms. The highest BCUT2D eigenvalue weighted by molar-refractivity contribution is 9.12. The van der Waals surface area contributed by atoms with Gasteiger partial charge in [-0.3, -0.25) is 4.79 Å². The van der Waals surface area contributed by atoms with Crippen LogP contribution in [0.2, 0.25) is 0 Å². The van der Waals surface area contributed by atoms with Crippen molar-refractivity contribution < 1.29 is 33.3 Å². The molecule has 0 bridgehead atoms. The molecule has 120 valence electrons. The van der Waals surface area contributed by atoms with Crippen LogP contribution in [0.4, 0.5) is 0 Å². The van der Waals surface area contributed by atoms with Gasteiger partial charge in [-0.15, -0.1) is 0 Å². The van der Waals surface area contributed by atoms with Crippen LogP contribution >= 0.6 is 15.9 Å². The standard InChI is InChI=1S/C17H27BrNO.HI/c1-19(13-6-3-7-14-19)12-5-2-4-9-15-10-8-11-16(20)17(15)18;/h8,10H,2-7,9,11-14H2,1H3;1H/q+1;/p-1. The maximum Gasteiger partial charge on any atom is 0.173 e. The van der Waals surface area contributed by atoms with Crippen molar-refractivity contribution in [2.75, 3.05) is 26.7 Å². The lowest BCUT2D eigenvalue weighted by molar-refractivity contribution is -0.914. The van der Waals surface area contributed by atoms with Gasteiger partial charge in [0.05, 0.1) is 31.2 Å². The molecule has 0 unspecified atom stereocenters. The fraction of sp³-hybridized carbons (Fsp3) is 0.706. The average molecular weight is 468 g/mol. The number of nitrogens with zero attached hydrogens (tertiary/aromatic N) is 1. The van der Waals surface area contributed by atoms with E-state index < -0.39 is 0 Å². The fourth-order valence-corrected chi connectivity index (χ4v) is 3.82. The number of allylic oxidation sites excluding steroid dienone is 4. The number of ketones is 1. The summed E-state index contributed by atoms with van der Waals surface area (Å²) >= 11 is 3.44. The van der Waals surface area contributed by atoms with Crippen molar-refractivity contribution in [1.82, 2.24) is 0 Å². The van der Waals surface area contributed by atoms with Crippen molar-refractivity contribution in [3.8, 4) is 0 Å². The molecular weight excluding hydrogens is 441 g/mol. The van der Waals surface area contributed by atoms with Crippen molar-refractivity contribution >= 4 is 21.7 Å². The third-order valence-corrected chi connectivity index (χ3v) is 5.64. The maximum absolute atomic E-state index is 11.6. The number of carbonyl (C=O) groups is 1. The Kier molecular flexibility index (Phi) is 8.72. The van der Waals surface area contributed by atoms with Crippen molar-refractivity contribution in [2.24, 2.45) is 0 Å². The van der Waals surface area contributed by atoms with E-state index in [2.05, 4.69) is 29.1 Å². The molecule has 1 aliphatic carbocycles. The molecule has 0 aromatic heterocycles. The minimum absolute atomic E-state index is 0. The third-order valence-electron chi connectivity index (χ3n) is 4.69. The first-order valence-electron chi connectivity index (χ1n) is 8.03. The second-order valence-electron chi connectivity index (χ2n) is 6.53. The van der Waals surface area contributed by atoms with Gasteiger partial charge < -0.3 is 28.5 Å². The van der Waals surface area contributed by atoms with E-state index in [0.717, 1.165) is 10.9 Å². The molecule has 1 saturated heterocycles. The van der Waals surface area contributed by atoms with Gasteiger partial charge in [0, 0.05) is 6.42 Å². The maximum atomic E-state index is 11.6. The van der Waals surface area contributed by atoms with Crippen molar-refractivity contribution in [1.29, 1.82) is 0 Å². The lowest BCUT2D eigenvalue weighted by Crippen LogP contribution is -3.00. The number of halogens is 2. The van der Waals surface area contributed by atoms with Crippen LogP contribution in [0.25, 0.3) is 0 Å². The summed E-state index contributed by atoms with van der Waals surface area (Å²) in [6.45, 7) is 4.07. The molecule has 1 heterocycles. The molecule has 0 aromatic carbocycles. The van der Waals surface area contributed by atoms with Crippen molar-refractivity contribution in [2.45, 2.75) is 51.4 Å².